The summed E-state index contributed by atoms with van der Waals surface area (Å²) in [6, 6.07) is 0. The van der Waals surface area contributed by atoms with Crippen LogP contribution in [0.15, 0.2) is 0 Å². The minimum atomic E-state index is -0.0695. The van der Waals surface area contributed by atoms with Gasteiger partial charge < -0.3 is 10.1 Å². The molecule has 12 heavy (non-hydrogen) atoms. The van der Waals surface area contributed by atoms with E-state index in [0.717, 1.165) is 6.29 Å². The number of nitrogens with one attached hydrogen (secondary N) is 1. The van der Waals surface area contributed by atoms with E-state index < -0.39 is 0 Å². The second-order valence-corrected chi connectivity index (χ2v) is 2.90. The Morgan fingerprint density at radius 1 is 1.67 bits per heavy atom. The number of aldehydes is 1. The Hall–Kier alpha value is -0.900. The zero-order valence-corrected chi connectivity index (χ0v) is 7.83. The molecule has 0 aliphatic rings. The first-order chi connectivity index (χ1) is 5.61. The minimum Gasteiger partial charge on any atom is -0.359 e. The van der Waals surface area contributed by atoms with Gasteiger partial charge in [-0.1, -0.05) is 6.92 Å². The van der Waals surface area contributed by atoms with E-state index in [1.807, 2.05) is 18.9 Å². The Labute approximate surface area is 72.9 Å². The predicted molar refractivity (Wildman–Crippen MR) is 46.8 cm³/mol. The molecule has 4 nitrogen and oxygen atoms in total. The van der Waals surface area contributed by atoms with E-state index in [2.05, 4.69) is 5.32 Å². The molecule has 0 spiro atoms. The summed E-state index contributed by atoms with van der Waals surface area (Å²) in [4.78, 5) is 22.9. The summed E-state index contributed by atoms with van der Waals surface area (Å²) >= 11 is 0. The third kappa shape index (κ3) is 4.08. The first-order valence-corrected chi connectivity index (χ1v) is 3.95. The van der Waals surface area contributed by atoms with Crippen molar-refractivity contribution >= 4 is 12.2 Å². The van der Waals surface area contributed by atoms with Crippen molar-refractivity contribution in [3.8, 4) is 0 Å². The summed E-state index contributed by atoms with van der Waals surface area (Å²) in [5, 5.41) is 2.56. The summed E-state index contributed by atoms with van der Waals surface area (Å²) in [6.45, 7) is 2.82. The molecule has 0 aliphatic heterocycles. The lowest BCUT2D eigenvalue weighted by Crippen LogP contribution is -2.35. The van der Waals surface area contributed by atoms with Crippen LogP contribution in [0.5, 0.6) is 0 Å². The fourth-order valence-electron chi connectivity index (χ4n) is 0.999. The van der Waals surface area contributed by atoms with E-state index in [-0.39, 0.29) is 11.8 Å². The molecule has 0 aromatic carbocycles. The maximum Gasteiger partial charge on any atom is 0.223 e. The van der Waals surface area contributed by atoms with Crippen LogP contribution < -0.4 is 5.32 Å². The number of nitrogens with zero attached hydrogens (tertiary/aromatic N) is 1. The number of hydrogen-bond acceptors (Lipinski definition) is 3. The molecule has 0 aliphatic carbocycles. The average molecular weight is 172 g/mol. The van der Waals surface area contributed by atoms with Crippen LogP contribution in [0.2, 0.25) is 0 Å². The molecule has 0 saturated carbocycles. The number of amides is 1. The van der Waals surface area contributed by atoms with Crippen molar-refractivity contribution in [1.82, 2.24) is 10.2 Å². The van der Waals surface area contributed by atoms with Crippen molar-refractivity contribution in [2.24, 2.45) is 5.92 Å². The standard InChI is InChI=1S/C8H16N2O2/c1-7(8(12)9-2)6-10(3)4-5-11/h5,7H,4,6H2,1-3H3,(H,9,12). The molecule has 1 atom stereocenters. The lowest BCUT2D eigenvalue weighted by Gasteiger charge is -2.17. The van der Waals surface area contributed by atoms with Gasteiger partial charge in [0.15, 0.2) is 0 Å². The number of hydrogen-bond donors (Lipinski definition) is 1. The van der Waals surface area contributed by atoms with Crippen LogP contribution >= 0.6 is 0 Å². The van der Waals surface area contributed by atoms with E-state index in [1.54, 1.807) is 7.05 Å². The topological polar surface area (TPSA) is 49.4 Å². The maximum absolute atomic E-state index is 11.0. The van der Waals surface area contributed by atoms with Crippen molar-refractivity contribution in [2.75, 3.05) is 27.2 Å². The Bertz CT molecular complexity index is 159. The summed E-state index contributed by atoms with van der Waals surface area (Å²) < 4.78 is 0. The van der Waals surface area contributed by atoms with Gasteiger partial charge in [-0.3, -0.25) is 9.69 Å². The van der Waals surface area contributed by atoms with Crippen LogP contribution in [0.25, 0.3) is 0 Å². The van der Waals surface area contributed by atoms with Crippen molar-refractivity contribution in [2.45, 2.75) is 6.92 Å². The molecule has 0 aromatic rings. The zero-order valence-electron chi connectivity index (χ0n) is 7.83. The third-order valence-corrected chi connectivity index (χ3v) is 1.67. The molecule has 0 bridgehead atoms. The fourth-order valence-corrected chi connectivity index (χ4v) is 0.999. The molecule has 70 valence electrons. The molecular formula is C8H16N2O2. The summed E-state index contributed by atoms with van der Waals surface area (Å²) in [6.07, 6.45) is 0.830. The van der Waals surface area contributed by atoms with E-state index >= 15 is 0 Å². The zero-order chi connectivity index (χ0) is 9.56. The van der Waals surface area contributed by atoms with Gasteiger partial charge in [-0.25, -0.2) is 0 Å². The van der Waals surface area contributed by atoms with Crippen LogP contribution in [0.3, 0.4) is 0 Å². The lowest BCUT2D eigenvalue weighted by molar-refractivity contribution is -0.124. The van der Waals surface area contributed by atoms with Gasteiger partial charge in [-0.05, 0) is 7.05 Å². The van der Waals surface area contributed by atoms with Crippen LogP contribution in [0.1, 0.15) is 6.92 Å². The molecular weight excluding hydrogens is 156 g/mol. The molecule has 0 saturated heterocycles. The van der Waals surface area contributed by atoms with Crippen LogP contribution in [0.4, 0.5) is 0 Å². The van der Waals surface area contributed by atoms with Crippen LogP contribution in [0, 0.1) is 5.92 Å². The molecule has 0 rings (SSSR count). The van der Waals surface area contributed by atoms with Gasteiger partial charge in [0.1, 0.15) is 6.29 Å². The molecule has 4 heteroatoms. The SMILES string of the molecule is CNC(=O)C(C)CN(C)CC=O. The van der Waals surface area contributed by atoms with Crippen molar-refractivity contribution in [3.05, 3.63) is 0 Å². The van der Waals surface area contributed by atoms with E-state index in [1.165, 1.54) is 0 Å². The Morgan fingerprint density at radius 2 is 2.25 bits per heavy atom. The summed E-state index contributed by atoms with van der Waals surface area (Å²) in [5.74, 6) is -0.0623. The summed E-state index contributed by atoms with van der Waals surface area (Å²) in [7, 11) is 3.42. The highest BCUT2D eigenvalue weighted by Gasteiger charge is 2.12. The largest absolute Gasteiger partial charge is 0.359 e. The molecule has 1 N–H and O–H groups in total. The number of likely N-dealkylation sites (N-methyl/N-ethyl adjacent to an activating group) is 1. The first kappa shape index (κ1) is 11.1. The van der Waals surface area contributed by atoms with Gasteiger partial charge in [0.05, 0.1) is 6.54 Å². The van der Waals surface area contributed by atoms with E-state index in [9.17, 15) is 9.59 Å². The second kappa shape index (κ2) is 5.71. The second-order valence-electron chi connectivity index (χ2n) is 2.90. The molecule has 1 amide bonds. The third-order valence-electron chi connectivity index (χ3n) is 1.67. The highest BCUT2D eigenvalue weighted by molar-refractivity contribution is 5.78. The van der Waals surface area contributed by atoms with Gasteiger partial charge in [-0.2, -0.15) is 0 Å². The Balaban J connectivity index is 3.74. The average Bonchev–Trinajstić information content (AvgIpc) is 2.03. The van der Waals surface area contributed by atoms with E-state index in [0.29, 0.717) is 13.1 Å². The normalized spacial score (nSPS) is 12.7. The molecule has 0 fully saturated rings. The molecule has 0 radical (unpaired) electrons. The van der Waals surface area contributed by atoms with Crippen molar-refractivity contribution in [1.29, 1.82) is 0 Å². The highest BCUT2D eigenvalue weighted by Crippen LogP contribution is 1.96. The summed E-state index contributed by atoms with van der Waals surface area (Å²) in [5.41, 5.74) is 0. The minimum absolute atomic E-state index is 0.00717. The van der Waals surface area contributed by atoms with Gasteiger partial charge >= 0.3 is 0 Å². The lowest BCUT2D eigenvalue weighted by atomic mass is 10.1. The first-order valence-electron chi connectivity index (χ1n) is 3.95. The van der Waals surface area contributed by atoms with Crippen LogP contribution in [-0.2, 0) is 9.59 Å². The monoisotopic (exact) mass is 172 g/mol. The number of carbonyl (C=O) groups excluding carboxylic acids is 2. The molecule has 0 heterocycles. The number of rotatable bonds is 5. The fraction of sp³-hybridized carbons (Fsp3) is 0.750. The van der Waals surface area contributed by atoms with Crippen molar-refractivity contribution < 1.29 is 9.59 Å². The van der Waals surface area contributed by atoms with Crippen LogP contribution in [-0.4, -0.2) is 44.3 Å². The quantitative estimate of drug-likeness (QED) is 0.569. The molecule has 0 aromatic heterocycles. The van der Waals surface area contributed by atoms with Crippen molar-refractivity contribution in [3.63, 3.8) is 0 Å². The Morgan fingerprint density at radius 3 is 2.67 bits per heavy atom. The van der Waals surface area contributed by atoms with E-state index in [4.69, 9.17) is 0 Å². The maximum atomic E-state index is 11.0. The van der Waals surface area contributed by atoms with Gasteiger partial charge in [0.2, 0.25) is 5.91 Å². The predicted octanol–water partition coefficient (Wildman–Crippen LogP) is -0.501. The molecule has 1 unspecified atom stereocenters. The van der Waals surface area contributed by atoms with Gasteiger partial charge in [0.25, 0.3) is 0 Å². The smallest absolute Gasteiger partial charge is 0.223 e. The highest BCUT2D eigenvalue weighted by atomic mass is 16.1. The van der Waals surface area contributed by atoms with Gasteiger partial charge in [-0.15, -0.1) is 0 Å². The Kier molecular flexibility index (Phi) is 5.28. The number of carbonyl (C=O) groups is 2. The van der Waals surface area contributed by atoms with Gasteiger partial charge in [0, 0.05) is 19.5 Å².